The van der Waals surface area contributed by atoms with Crippen LogP contribution in [0.15, 0.2) is 204 Å². The molecular formula is C55H39NO. The molecule has 0 bridgehead atoms. The third-order valence-corrected chi connectivity index (χ3v) is 9.90. The Morgan fingerprint density at radius 2 is 1.21 bits per heavy atom. The lowest BCUT2D eigenvalue weighted by Gasteiger charge is -2.28. The van der Waals surface area contributed by atoms with E-state index >= 15 is 0 Å². The van der Waals surface area contributed by atoms with Crippen molar-refractivity contribution in [1.82, 2.24) is 0 Å². The van der Waals surface area contributed by atoms with E-state index in [2.05, 4.69) is 0 Å². The van der Waals surface area contributed by atoms with E-state index in [1.165, 1.54) is 48.5 Å². The van der Waals surface area contributed by atoms with Gasteiger partial charge in [-0.05, 0) is 121 Å². The molecule has 57 heavy (non-hydrogen) atoms. The average molecular weight is 758 g/mol. The van der Waals surface area contributed by atoms with Crippen molar-refractivity contribution < 1.29 is 42.8 Å². The lowest BCUT2D eigenvalue weighted by molar-refractivity contribution is 0.660. The fourth-order valence-electron chi connectivity index (χ4n) is 7.22. The van der Waals surface area contributed by atoms with Gasteiger partial charge < -0.3 is 9.32 Å². The topological polar surface area (TPSA) is 16.4 Å². The fourth-order valence-corrected chi connectivity index (χ4v) is 7.22. The Morgan fingerprint density at radius 3 is 2.14 bits per heavy atom. The molecular weight excluding hydrogens is 691 g/mol. The normalized spacial score (nSPS) is 20.3. The van der Waals surface area contributed by atoms with E-state index in [4.69, 9.17) is 30.5 Å². The lowest BCUT2D eigenvalue weighted by atomic mass is 9.82. The van der Waals surface area contributed by atoms with Crippen LogP contribution in [0.25, 0.3) is 77.2 Å². The van der Waals surface area contributed by atoms with Crippen molar-refractivity contribution in [1.29, 1.82) is 0 Å². The van der Waals surface area contributed by atoms with Crippen molar-refractivity contribution in [2.75, 3.05) is 4.90 Å². The van der Waals surface area contributed by atoms with Crippen molar-refractivity contribution in [3.63, 3.8) is 0 Å². The minimum atomic E-state index is -3.69. The molecule has 0 spiro atoms. The van der Waals surface area contributed by atoms with Gasteiger partial charge in [0.05, 0.1) is 30.2 Å². The van der Waals surface area contributed by atoms with Gasteiger partial charge in [0.2, 0.25) is 0 Å². The summed E-state index contributed by atoms with van der Waals surface area (Å²) >= 11 is 0. The number of rotatable bonds is 6. The Kier molecular flexibility index (Phi) is 3.51. The van der Waals surface area contributed by atoms with Crippen LogP contribution in [-0.4, -0.2) is 0 Å². The highest BCUT2D eigenvalue weighted by Gasteiger charge is 2.35. The smallest absolute Gasteiger partial charge is 0.136 e. The van der Waals surface area contributed by atoms with Gasteiger partial charge in [0.1, 0.15) is 11.2 Å². The zero-order valence-corrected chi connectivity index (χ0v) is 29.2. The standard InChI is InChI=1S/C55H39NO/c1-55(2)50-18-10-8-16-46(50)47-33-30-43(35-51(47)55)56(41-26-20-37(21-27-41)36-12-4-3-5-13-36)42-28-22-39(23-29-42)45-31-24-38-14-6-7-15-44(38)54(45)40-25-32-49-48-17-9-11-19-52(48)57-53(49)34-40/h3-35H,1-2H3/i1D3,2D3,3D,4D,5D,6D,7D,8D,9D,10D,11D,12D,14D,15D,16D,19D,22D,24D,29D,30D,31D,33D,34D,35D. The maximum Gasteiger partial charge on any atom is 0.136 e. The number of hydrogen-bond donors (Lipinski definition) is 0. The first-order chi connectivity index (χ1) is 39.6. The van der Waals surface area contributed by atoms with Gasteiger partial charge >= 0.3 is 0 Å². The molecule has 0 unspecified atom stereocenters. The molecule has 0 saturated heterocycles. The minimum absolute atomic E-state index is 0.0134. The van der Waals surface area contributed by atoms with E-state index in [0.29, 0.717) is 0 Å². The number of para-hydroxylation sites is 1. The second-order valence-corrected chi connectivity index (χ2v) is 13.1. The molecule has 0 atom stereocenters. The maximum absolute atomic E-state index is 10.0. The average Bonchev–Trinajstić information content (AvgIpc) is 1.55. The summed E-state index contributed by atoms with van der Waals surface area (Å²) in [5, 5.41) is -0.466. The molecule has 1 aliphatic carbocycles. The first-order valence-corrected chi connectivity index (χ1v) is 17.4. The number of fused-ring (bicyclic) bond motifs is 7. The Morgan fingerprint density at radius 1 is 0.439 bits per heavy atom. The van der Waals surface area contributed by atoms with Crippen LogP contribution < -0.4 is 4.90 Å². The van der Waals surface area contributed by atoms with Gasteiger partial charge in [-0.15, -0.1) is 0 Å². The molecule has 0 aliphatic heterocycles. The summed E-state index contributed by atoms with van der Waals surface area (Å²) in [4.78, 5) is 0.968. The van der Waals surface area contributed by atoms with E-state index in [1.807, 2.05) is 0 Å². The summed E-state index contributed by atoms with van der Waals surface area (Å²) < 4.78 is 257. The van der Waals surface area contributed by atoms with E-state index in [-0.39, 0.29) is 61.5 Å². The van der Waals surface area contributed by atoms with Crippen LogP contribution in [0.4, 0.5) is 17.1 Å². The van der Waals surface area contributed by atoms with Crippen molar-refractivity contribution >= 4 is 49.8 Å². The van der Waals surface area contributed by atoms with Crippen LogP contribution in [0.3, 0.4) is 0 Å². The summed E-state index contributed by atoms with van der Waals surface area (Å²) in [6.07, 6.45) is 0. The predicted octanol–water partition coefficient (Wildman–Crippen LogP) is 15.5. The van der Waals surface area contributed by atoms with E-state index < -0.39 is 196 Å². The van der Waals surface area contributed by atoms with Crippen LogP contribution >= 0.6 is 0 Å². The molecule has 9 aromatic carbocycles. The van der Waals surface area contributed by atoms with Crippen LogP contribution in [0.1, 0.15) is 63.2 Å². The number of nitrogens with zero attached hydrogens (tertiary/aromatic N) is 1. The zero-order chi connectivity index (χ0) is 62.2. The molecule has 1 aliphatic rings. The van der Waals surface area contributed by atoms with E-state index in [1.54, 1.807) is 0 Å². The van der Waals surface area contributed by atoms with E-state index in [0.717, 1.165) is 23.1 Å². The van der Waals surface area contributed by atoms with Gasteiger partial charge in [-0.3, -0.25) is 0 Å². The van der Waals surface area contributed by atoms with Crippen molar-refractivity contribution in [3.8, 4) is 44.5 Å². The third kappa shape index (κ3) is 5.40. The number of anilines is 3. The van der Waals surface area contributed by atoms with Crippen LogP contribution in [0, 0.1) is 0 Å². The zero-order valence-electron chi connectivity index (χ0n) is 57.2. The first kappa shape index (κ1) is 15.4. The molecule has 1 aromatic heterocycles. The highest BCUT2D eigenvalue weighted by molar-refractivity contribution is 6.09. The second-order valence-electron chi connectivity index (χ2n) is 13.1. The molecule has 0 N–H and O–H groups in total. The Labute approximate surface area is 372 Å². The van der Waals surface area contributed by atoms with Crippen molar-refractivity contribution in [2.24, 2.45) is 0 Å². The Balaban J connectivity index is 1.24. The largest absolute Gasteiger partial charge is 0.456 e. The van der Waals surface area contributed by atoms with Gasteiger partial charge in [-0.1, -0.05) is 159 Å². The van der Waals surface area contributed by atoms with Crippen molar-refractivity contribution in [3.05, 3.63) is 211 Å². The molecule has 1 heterocycles. The summed E-state index contributed by atoms with van der Waals surface area (Å²) in [5.41, 5.74) is -9.07. The molecule has 270 valence electrons. The SMILES string of the molecule is [2H]c1cc(N(c2ccc(-c3cc([2H])c([2H])c([2H])c3[2H])cc2)c2c([2H])c([2H])c3c(c2[2H])C(C([2H])([2H])[2H])(C([2H])([2H])[2H])c2cc([2H])c([2H])c([2H])c2-3)c([2H])cc1-c1c([2H])c([2H])c2c([2H])c([2H])c([2H])c([2H])c2c1-c1ccc2c(oc3c([2H])c([2H])c([2H])cc32)c1[2H]. The van der Waals surface area contributed by atoms with Gasteiger partial charge in [0, 0.05) is 41.5 Å². The highest BCUT2D eigenvalue weighted by atomic mass is 16.3. The predicted molar refractivity (Wildman–Crippen MR) is 240 cm³/mol. The molecule has 0 saturated carbocycles. The first-order valence-electron chi connectivity index (χ1n) is 31.4. The number of hydrogen-bond acceptors (Lipinski definition) is 2. The quantitative estimate of drug-likeness (QED) is 0.168. The van der Waals surface area contributed by atoms with Gasteiger partial charge in [0.15, 0.2) is 0 Å². The second kappa shape index (κ2) is 13.0. The van der Waals surface area contributed by atoms with Gasteiger partial charge in [-0.2, -0.15) is 0 Å². The minimum Gasteiger partial charge on any atom is -0.456 e. The third-order valence-electron chi connectivity index (χ3n) is 9.90. The molecule has 0 amide bonds. The number of benzene rings is 9. The maximum atomic E-state index is 10.0. The summed E-state index contributed by atoms with van der Waals surface area (Å²) in [5.74, 6) is 0. The molecule has 10 aromatic rings. The monoisotopic (exact) mass is 757 g/mol. The molecule has 11 rings (SSSR count). The number of furan rings is 1. The van der Waals surface area contributed by atoms with E-state index in [9.17, 15) is 12.3 Å². The van der Waals surface area contributed by atoms with Gasteiger partial charge in [-0.25, -0.2) is 0 Å². The molecule has 2 heteroatoms. The lowest BCUT2D eigenvalue weighted by Crippen LogP contribution is -2.16. The highest BCUT2D eigenvalue weighted by Crippen LogP contribution is 2.51. The summed E-state index contributed by atoms with van der Waals surface area (Å²) in [6.45, 7) is -7.38. The van der Waals surface area contributed by atoms with Crippen LogP contribution in [0.2, 0.25) is 0 Å². The Bertz CT molecular complexity index is 4640. The Hall–Kier alpha value is -7.16. The van der Waals surface area contributed by atoms with Crippen molar-refractivity contribution in [2.45, 2.75) is 19.1 Å². The summed E-state index contributed by atoms with van der Waals surface area (Å²) in [7, 11) is 0. The molecule has 0 radical (unpaired) electrons. The molecule has 2 nitrogen and oxygen atoms in total. The fraction of sp³-hybridized carbons (Fsp3) is 0.0545. The van der Waals surface area contributed by atoms with Crippen LogP contribution in [-0.2, 0) is 5.41 Å². The van der Waals surface area contributed by atoms with Gasteiger partial charge in [0.25, 0.3) is 0 Å². The molecule has 0 fully saturated rings. The van der Waals surface area contributed by atoms with Crippen LogP contribution in [0.5, 0.6) is 0 Å². The summed E-state index contributed by atoms with van der Waals surface area (Å²) in [6, 6.07) is -1.59.